The van der Waals surface area contributed by atoms with Gasteiger partial charge in [0.15, 0.2) is 6.10 Å². The van der Waals surface area contributed by atoms with Gasteiger partial charge in [-0.2, -0.15) is 0 Å². The Morgan fingerprint density at radius 2 is 2.16 bits per heavy atom. The molecule has 0 amide bonds. The Kier molecular flexibility index (Phi) is 3.54. The Balaban J connectivity index is 2.67. The van der Waals surface area contributed by atoms with E-state index in [1.807, 2.05) is 13.8 Å². The largest absolute Gasteiger partial charge is 0.480 e. The number of alkyl halides is 1. The molecule has 1 aliphatic heterocycles. The maximum atomic E-state index is 13.5. The Bertz CT molecular complexity index is 579. The van der Waals surface area contributed by atoms with E-state index in [0.29, 0.717) is 16.3 Å². The van der Waals surface area contributed by atoms with Crippen LogP contribution in [0, 0.1) is 13.8 Å². The maximum absolute atomic E-state index is 13.5. The smallest absolute Gasteiger partial charge is 0.335 e. The van der Waals surface area contributed by atoms with Crippen LogP contribution in [-0.4, -0.2) is 23.4 Å². The molecule has 0 saturated heterocycles. The summed E-state index contributed by atoms with van der Waals surface area (Å²) in [7, 11) is 0. The lowest BCUT2D eigenvalue weighted by Gasteiger charge is -2.28. The van der Waals surface area contributed by atoms with E-state index in [2.05, 4.69) is 0 Å². The molecule has 1 aromatic rings. The SMILES string of the molecule is Cc1cc(Cl)c2c(c1C)C=C(C(=O)O)C(C(C)F)O2. The first kappa shape index (κ1) is 13.9. The van der Waals surface area contributed by atoms with E-state index in [1.54, 1.807) is 6.07 Å². The van der Waals surface area contributed by atoms with E-state index >= 15 is 0 Å². The van der Waals surface area contributed by atoms with Crippen LogP contribution in [0.4, 0.5) is 4.39 Å². The quantitative estimate of drug-likeness (QED) is 0.903. The summed E-state index contributed by atoms with van der Waals surface area (Å²) in [6.07, 6.45) is -1.12. The number of rotatable bonds is 2. The number of hydrogen-bond donors (Lipinski definition) is 1. The molecule has 1 aliphatic rings. The van der Waals surface area contributed by atoms with Crippen molar-refractivity contribution >= 4 is 23.6 Å². The maximum Gasteiger partial charge on any atom is 0.335 e. The van der Waals surface area contributed by atoms with Gasteiger partial charge in [-0.3, -0.25) is 0 Å². The zero-order valence-corrected chi connectivity index (χ0v) is 11.6. The summed E-state index contributed by atoms with van der Waals surface area (Å²) in [5.74, 6) is -0.832. The van der Waals surface area contributed by atoms with Gasteiger partial charge in [0.1, 0.15) is 11.9 Å². The number of carbonyl (C=O) groups is 1. The molecule has 0 fully saturated rings. The first-order chi connectivity index (χ1) is 8.82. The number of benzene rings is 1. The molecule has 0 spiro atoms. The van der Waals surface area contributed by atoms with Crippen LogP contribution in [0.1, 0.15) is 23.6 Å². The van der Waals surface area contributed by atoms with Gasteiger partial charge in [0.05, 0.1) is 10.6 Å². The van der Waals surface area contributed by atoms with Crippen LogP contribution in [0.3, 0.4) is 0 Å². The Morgan fingerprint density at radius 1 is 1.53 bits per heavy atom. The van der Waals surface area contributed by atoms with Crippen molar-refractivity contribution in [2.45, 2.75) is 33.0 Å². The highest BCUT2D eigenvalue weighted by Crippen LogP contribution is 2.40. The summed E-state index contributed by atoms with van der Waals surface area (Å²) in [6.45, 7) is 4.99. The summed E-state index contributed by atoms with van der Waals surface area (Å²) >= 11 is 6.09. The van der Waals surface area contributed by atoms with Crippen molar-refractivity contribution in [3.63, 3.8) is 0 Å². The normalized spacial score (nSPS) is 19.2. The average Bonchev–Trinajstić information content (AvgIpc) is 2.34. The highest BCUT2D eigenvalue weighted by atomic mass is 35.5. The minimum absolute atomic E-state index is 0.0905. The van der Waals surface area contributed by atoms with E-state index in [9.17, 15) is 9.18 Å². The van der Waals surface area contributed by atoms with E-state index in [1.165, 1.54) is 13.0 Å². The number of aliphatic carboxylic acids is 1. The molecule has 19 heavy (non-hydrogen) atoms. The summed E-state index contributed by atoms with van der Waals surface area (Å²) in [4.78, 5) is 11.2. The highest BCUT2D eigenvalue weighted by Gasteiger charge is 2.34. The lowest BCUT2D eigenvalue weighted by molar-refractivity contribution is -0.133. The van der Waals surface area contributed by atoms with E-state index in [4.69, 9.17) is 21.4 Å². The summed E-state index contributed by atoms with van der Waals surface area (Å²) in [5.41, 5.74) is 2.33. The standard InChI is InChI=1S/C14H14ClFO3/c1-6-4-11(15)13-9(7(6)2)5-10(14(17)18)12(19-13)8(3)16/h4-5,8,12H,1-3H3,(H,17,18). The van der Waals surface area contributed by atoms with Crippen molar-refractivity contribution in [1.82, 2.24) is 0 Å². The Hall–Kier alpha value is -1.55. The van der Waals surface area contributed by atoms with Gasteiger partial charge in [-0.1, -0.05) is 11.6 Å². The third kappa shape index (κ3) is 2.32. The third-order valence-electron chi connectivity index (χ3n) is 3.32. The van der Waals surface area contributed by atoms with Gasteiger partial charge >= 0.3 is 5.97 Å². The molecule has 2 unspecified atom stereocenters. The zero-order chi connectivity index (χ0) is 14.3. The topological polar surface area (TPSA) is 46.5 Å². The van der Waals surface area contributed by atoms with Gasteiger partial charge < -0.3 is 9.84 Å². The molecule has 102 valence electrons. The third-order valence-corrected chi connectivity index (χ3v) is 3.60. The molecule has 2 rings (SSSR count). The number of hydrogen-bond acceptors (Lipinski definition) is 2. The Labute approximate surface area is 115 Å². The fourth-order valence-corrected chi connectivity index (χ4v) is 2.43. The molecule has 0 saturated carbocycles. The van der Waals surface area contributed by atoms with Gasteiger partial charge in [0, 0.05) is 5.56 Å². The molecule has 1 N–H and O–H groups in total. The van der Waals surface area contributed by atoms with Crippen LogP contribution in [0.2, 0.25) is 5.02 Å². The van der Waals surface area contributed by atoms with Gasteiger partial charge in [-0.05, 0) is 44.0 Å². The van der Waals surface area contributed by atoms with E-state index < -0.39 is 18.2 Å². The lowest BCUT2D eigenvalue weighted by Crippen LogP contribution is -2.34. The second kappa shape index (κ2) is 4.85. The second-order valence-corrected chi connectivity index (χ2v) is 5.07. The number of ether oxygens (including phenoxy) is 1. The van der Waals surface area contributed by atoms with Crippen molar-refractivity contribution in [3.05, 3.63) is 33.4 Å². The number of carboxylic acid groups (broad SMARTS) is 1. The Morgan fingerprint density at radius 3 is 2.68 bits per heavy atom. The van der Waals surface area contributed by atoms with Crippen molar-refractivity contribution < 1.29 is 19.0 Å². The predicted octanol–water partition coefficient (Wildman–Crippen LogP) is 3.54. The van der Waals surface area contributed by atoms with Crippen molar-refractivity contribution in [1.29, 1.82) is 0 Å². The molecule has 2 atom stereocenters. The summed E-state index contributed by atoms with van der Waals surface area (Å²) < 4.78 is 19.0. The lowest BCUT2D eigenvalue weighted by atomic mass is 9.94. The average molecular weight is 285 g/mol. The van der Waals surface area contributed by atoms with Gasteiger partial charge in [-0.15, -0.1) is 0 Å². The van der Waals surface area contributed by atoms with Gasteiger partial charge in [0.25, 0.3) is 0 Å². The molecule has 0 aliphatic carbocycles. The molecule has 3 nitrogen and oxygen atoms in total. The first-order valence-corrected chi connectivity index (χ1v) is 6.26. The molecule has 5 heteroatoms. The van der Waals surface area contributed by atoms with E-state index in [0.717, 1.165) is 11.1 Å². The predicted molar refractivity (Wildman–Crippen MR) is 71.5 cm³/mol. The minimum atomic E-state index is -1.44. The number of aryl methyl sites for hydroxylation is 1. The second-order valence-electron chi connectivity index (χ2n) is 4.66. The fraction of sp³-hybridized carbons (Fsp3) is 0.357. The van der Waals surface area contributed by atoms with Crippen LogP contribution in [0.15, 0.2) is 11.6 Å². The van der Waals surface area contributed by atoms with Crippen LogP contribution < -0.4 is 4.74 Å². The van der Waals surface area contributed by atoms with E-state index in [-0.39, 0.29) is 5.57 Å². The molecular weight excluding hydrogens is 271 g/mol. The molecule has 0 bridgehead atoms. The molecule has 1 aromatic carbocycles. The van der Waals surface area contributed by atoms with Crippen LogP contribution in [0.5, 0.6) is 5.75 Å². The van der Waals surface area contributed by atoms with Crippen LogP contribution >= 0.6 is 11.6 Å². The molecule has 0 aromatic heterocycles. The molecule has 0 radical (unpaired) electrons. The van der Waals surface area contributed by atoms with Crippen LogP contribution in [-0.2, 0) is 4.79 Å². The zero-order valence-electron chi connectivity index (χ0n) is 10.8. The van der Waals surface area contributed by atoms with Crippen molar-refractivity contribution in [2.24, 2.45) is 0 Å². The minimum Gasteiger partial charge on any atom is -0.480 e. The fourth-order valence-electron chi connectivity index (χ4n) is 2.12. The van der Waals surface area contributed by atoms with Crippen LogP contribution in [0.25, 0.3) is 6.08 Å². The summed E-state index contributed by atoms with van der Waals surface area (Å²) in [5, 5.41) is 9.53. The molecular formula is C14H14ClFO3. The number of carboxylic acids is 1. The van der Waals surface area contributed by atoms with Crippen molar-refractivity contribution in [2.75, 3.05) is 0 Å². The van der Waals surface area contributed by atoms with Crippen molar-refractivity contribution in [3.8, 4) is 5.75 Å². The first-order valence-electron chi connectivity index (χ1n) is 5.88. The monoisotopic (exact) mass is 284 g/mol. The number of halogens is 2. The van der Waals surface area contributed by atoms with Gasteiger partial charge in [0.2, 0.25) is 0 Å². The highest BCUT2D eigenvalue weighted by molar-refractivity contribution is 6.32. The summed E-state index contributed by atoms with van der Waals surface area (Å²) in [6, 6.07) is 1.73. The number of fused-ring (bicyclic) bond motifs is 1. The van der Waals surface area contributed by atoms with Gasteiger partial charge in [-0.25, -0.2) is 9.18 Å². The molecule has 1 heterocycles.